The minimum absolute atomic E-state index is 0.0463. The molecule has 0 spiro atoms. The average molecular weight is 285 g/mol. The highest BCUT2D eigenvalue weighted by Gasteiger charge is 2.22. The third-order valence-corrected chi connectivity index (χ3v) is 4.02. The molecule has 1 aromatic carbocycles. The summed E-state index contributed by atoms with van der Waals surface area (Å²) in [5.41, 5.74) is 1.87. The Hall–Kier alpha value is -1.17. The van der Waals surface area contributed by atoms with Gasteiger partial charge in [-0.1, -0.05) is 11.6 Å². The lowest BCUT2D eigenvalue weighted by Gasteiger charge is -2.32. The van der Waals surface area contributed by atoms with Crippen LogP contribution in [0.5, 0.6) is 0 Å². The van der Waals surface area contributed by atoms with Gasteiger partial charge in [0, 0.05) is 24.7 Å². The molecule has 0 saturated carbocycles. The summed E-state index contributed by atoms with van der Waals surface area (Å²) in [6.07, 6.45) is 0.712. The van der Waals surface area contributed by atoms with E-state index in [0.29, 0.717) is 18.1 Å². The van der Waals surface area contributed by atoms with E-state index in [4.69, 9.17) is 16.3 Å². The van der Waals surface area contributed by atoms with Crippen molar-refractivity contribution >= 4 is 17.3 Å². The number of hydrogen-bond donors (Lipinski definition) is 0. The fourth-order valence-corrected chi connectivity index (χ4v) is 2.48. The van der Waals surface area contributed by atoms with Crippen LogP contribution in [0.25, 0.3) is 0 Å². The first-order valence-corrected chi connectivity index (χ1v) is 6.58. The van der Waals surface area contributed by atoms with Crippen LogP contribution in [-0.2, 0) is 11.2 Å². The summed E-state index contributed by atoms with van der Waals surface area (Å²) in [4.78, 5) is 12.7. The highest BCUT2D eigenvalue weighted by atomic mass is 35.5. The molecule has 1 atom stereocenters. The minimum atomic E-state index is -0.407. The standard InChI is InChI=1S/C13H17ClN2O3/c1-9-10(5-11(16(17)18)7-13(9)14)6-12-8-19-4-3-15(12)2/h5,7,12H,3-4,6,8H2,1-2H3. The van der Waals surface area contributed by atoms with Crippen molar-refractivity contribution in [3.05, 3.63) is 38.4 Å². The molecule has 19 heavy (non-hydrogen) atoms. The van der Waals surface area contributed by atoms with Gasteiger partial charge in [-0.05, 0) is 31.5 Å². The Kier molecular flexibility index (Phi) is 4.39. The Morgan fingerprint density at radius 3 is 2.95 bits per heavy atom. The summed E-state index contributed by atoms with van der Waals surface area (Å²) in [6, 6.07) is 3.26. The van der Waals surface area contributed by atoms with Crippen LogP contribution in [0, 0.1) is 17.0 Å². The zero-order valence-corrected chi connectivity index (χ0v) is 11.8. The Morgan fingerprint density at radius 2 is 2.32 bits per heavy atom. The number of nitro groups is 1. The molecule has 1 aliphatic heterocycles. The summed E-state index contributed by atoms with van der Waals surface area (Å²) in [7, 11) is 2.04. The molecule has 1 aromatic rings. The summed E-state index contributed by atoms with van der Waals surface area (Å²) in [5.74, 6) is 0. The van der Waals surface area contributed by atoms with Crippen molar-refractivity contribution < 1.29 is 9.66 Å². The molecule has 0 bridgehead atoms. The third-order valence-electron chi connectivity index (χ3n) is 3.62. The fourth-order valence-electron chi connectivity index (χ4n) is 2.24. The molecule has 1 fully saturated rings. The molecule has 1 aliphatic rings. The van der Waals surface area contributed by atoms with Gasteiger partial charge in [-0.15, -0.1) is 0 Å². The van der Waals surface area contributed by atoms with E-state index >= 15 is 0 Å². The maximum absolute atomic E-state index is 10.9. The van der Waals surface area contributed by atoms with E-state index < -0.39 is 4.92 Å². The lowest BCUT2D eigenvalue weighted by molar-refractivity contribution is -0.384. The minimum Gasteiger partial charge on any atom is -0.378 e. The predicted octanol–water partition coefficient (Wildman–Crippen LogP) is 2.43. The lowest BCUT2D eigenvalue weighted by atomic mass is 9.99. The Bertz CT molecular complexity index is 493. The van der Waals surface area contributed by atoms with Crippen LogP contribution < -0.4 is 0 Å². The van der Waals surface area contributed by atoms with Crippen molar-refractivity contribution in [2.45, 2.75) is 19.4 Å². The summed E-state index contributed by atoms with van der Waals surface area (Å²) in [5, 5.41) is 11.3. The Balaban J connectivity index is 2.25. The lowest BCUT2D eigenvalue weighted by Crippen LogP contribution is -2.44. The zero-order chi connectivity index (χ0) is 14.0. The maximum atomic E-state index is 10.9. The number of benzene rings is 1. The third kappa shape index (κ3) is 3.23. The van der Waals surface area contributed by atoms with Gasteiger partial charge < -0.3 is 4.74 Å². The predicted molar refractivity (Wildman–Crippen MR) is 73.8 cm³/mol. The number of halogens is 1. The topological polar surface area (TPSA) is 55.6 Å². The molecule has 6 heteroatoms. The zero-order valence-electron chi connectivity index (χ0n) is 11.1. The first-order valence-electron chi connectivity index (χ1n) is 6.20. The number of non-ortho nitro benzene ring substituents is 1. The van der Waals surface area contributed by atoms with Crippen LogP contribution in [0.15, 0.2) is 12.1 Å². The van der Waals surface area contributed by atoms with E-state index in [1.54, 1.807) is 6.07 Å². The molecule has 5 nitrogen and oxygen atoms in total. The molecule has 1 saturated heterocycles. The second kappa shape index (κ2) is 5.86. The van der Waals surface area contributed by atoms with Crippen LogP contribution in [-0.4, -0.2) is 42.7 Å². The van der Waals surface area contributed by atoms with E-state index in [9.17, 15) is 10.1 Å². The number of nitrogens with zero attached hydrogens (tertiary/aromatic N) is 2. The molecule has 0 N–H and O–H groups in total. The summed E-state index contributed by atoms with van der Waals surface area (Å²) < 4.78 is 5.46. The fraction of sp³-hybridized carbons (Fsp3) is 0.538. The smallest absolute Gasteiger partial charge is 0.271 e. The first-order chi connectivity index (χ1) is 8.99. The number of hydrogen-bond acceptors (Lipinski definition) is 4. The summed E-state index contributed by atoms with van der Waals surface area (Å²) in [6.45, 7) is 4.16. The summed E-state index contributed by atoms with van der Waals surface area (Å²) >= 11 is 6.07. The second-order valence-electron chi connectivity index (χ2n) is 4.88. The van der Waals surface area contributed by atoms with Gasteiger partial charge >= 0.3 is 0 Å². The van der Waals surface area contributed by atoms with Gasteiger partial charge in [-0.3, -0.25) is 15.0 Å². The van der Waals surface area contributed by atoms with Crippen LogP contribution in [0.3, 0.4) is 0 Å². The van der Waals surface area contributed by atoms with Crippen molar-refractivity contribution in [1.29, 1.82) is 0 Å². The van der Waals surface area contributed by atoms with Crippen molar-refractivity contribution in [2.75, 3.05) is 26.8 Å². The maximum Gasteiger partial charge on any atom is 0.271 e. The van der Waals surface area contributed by atoms with Gasteiger partial charge in [0.2, 0.25) is 0 Å². The molecule has 0 amide bonds. The molecule has 104 valence electrons. The van der Waals surface area contributed by atoms with E-state index in [1.165, 1.54) is 6.07 Å². The van der Waals surface area contributed by atoms with Crippen molar-refractivity contribution in [3.8, 4) is 0 Å². The molecule has 0 aliphatic carbocycles. The van der Waals surface area contributed by atoms with E-state index in [-0.39, 0.29) is 11.7 Å². The first kappa shape index (κ1) is 14.2. The number of morpholine rings is 1. The second-order valence-corrected chi connectivity index (χ2v) is 5.29. The quantitative estimate of drug-likeness (QED) is 0.632. The van der Waals surface area contributed by atoms with Crippen LogP contribution in [0.4, 0.5) is 5.69 Å². The molecular formula is C13H17ClN2O3. The van der Waals surface area contributed by atoms with E-state index in [2.05, 4.69) is 4.90 Å². The SMILES string of the molecule is Cc1c(Cl)cc([N+](=O)[O-])cc1CC1COCCN1C. The van der Waals surface area contributed by atoms with Crippen molar-refractivity contribution in [1.82, 2.24) is 4.90 Å². The van der Waals surface area contributed by atoms with Crippen LogP contribution >= 0.6 is 11.6 Å². The largest absolute Gasteiger partial charge is 0.378 e. The molecule has 0 aromatic heterocycles. The highest BCUT2D eigenvalue weighted by molar-refractivity contribution is 6.31. The van der Waals surface area contributed by atoms with Gasteiger partial charge in [0.1, 0.15) is 0 Å². The number of rotatable bonds is 3. The van der Waals surface area contributed by atoms with Gasteiger partial charge in [-0.2, -0.15) is 0 Å². The van der Waals surface area contributed by atoms with E-state index in [1.807, 2.05) is 14.0 Å². The number of likely N-dealkylation sites (N-methyl/N-ethyl adjacent to an activating group) is 1. The number of nitro benzene ring substituents is 1. The Labute approximate surface area is 117 Å². The molecular weight excluding hydrogens is 268 g/mol. The van der Waals surface area contributed by atoms with Gasteiger partial charge in [-0.25, -0.2) is 0 Å². The van der Waals surface area contributed by atoms with Crippen LogP contribution in [0.2, 0.25) is 5.02 Å². The number of ether oxygens (including phenoxy) is 1. The average Bonchev–Trinajstić information content (AvgIpc) is 2.37. The van der Waals surface area contributed by atoms with Gasteiger partial charge in [0.05, 0.1) is 23.2 Å². The van der Waals surface area contributed by atoms with Crippen molar-refractivity contribution in [3.63, 3.8) is 0 Å². The van der Waals surface area contributed by atoms with Crippen molar-refractivity contribution in [2.24, 2.45) is 0 Å². The molecule has 2 rings (SSSR count). The highest BCUT2D eigenvalue weighted by Crippen LogP contribution is 2.27. The van der Waals surface area contributed by atoms with E-state index in [0.717, 1.165) is 24.3 Å². The molecule has 0 radical (unpaired) electrons. The molecule has 1 heterocycles. The van der Waals surface area contributed by atoms with Gasteiger partial charge in [0.15, 0.2) is 0 Å². The molecule has 1 unspecified atom stereocenters. The Morgan fingerprint density at radius 1 is 1.58 bits per heavy atom. The van der Waals surface area contributed by atoms with Gasteiger partial charge in [0.25, 0.3) is 5.69 Å². The monoisotopic (exact) mass is 284 g/mol. The normalized spacial score (nSPS) is 20.5. The van der Waals surface area contributed by atoms with Crippen LogP contribution in [0.1, 0.15) is 11.1 Å².